The molecule has 0 bridgehead atoms. The van der Waals surface area contributed by atoms with Gasteiger partial charge in [-0.05, 0) is 18.8 Å². The van der Waals surface area contributed by atoms with Crippen molar-refractivity contribution in [1.29, 1.82) is 0 Å². The smallest absolute Gasteiger partial charge is 0.322 e. The van der Waals surface area contributed by atoms with E-state index in [4.69, 9.17) is 5.11 Å². The molecule has 0 atom stereocenters. The van der Waals surface area contributed by atoms with Gasteiger partial charge in [-0.25, -0.2) is 13.1 Å². The molecular weight excluding hydrogens is 236 g/mol. The molecule has 0 aromatic heterocycles. The number of hydrogen-bond acceptors (Lipinski definition) is 4. The molecule has 1 fully saturated rings. The van der Waals surface area contributed by atoms with Crippen LogP contribution in [0.5, 0.6) is 0 Å². The zero-order valence-electron chi connectivity index (χ0n) is 8.60. The predicted octanol–water partition coefficient (Wildman–Crippen LogP) is -1.48. The minimum Gasteiger partial charge on any atom is -0.480 e. The molecule has 0 aliphatic heterocycles. The van der Waals surface area contributed by atoms with E-state index in [-0.39, 0.29) is 11.7 Å². The van der Waals surface area contributed by atoms with Crippen molar-refractivity contribution >= 4 is 21.9 Å². The van der Waals surface area contributed by atoms with Crippen LogP contribution in [0.3, 0.4) is 0 Å². The van der Waals surface area contributed by atoms with Crippen LogP contribution in [-0.4, -0.2) is 44.2 Å². The van der Waals surface area contributed by atoms with Crippen LogP contribution in [-0.2, 0) is 19.6 Å². The summed E-state index contributed by atoms with van der Waals surface area (Å²) < 4.78 is 24.8. The number of aliphatic carboxylic acids is 1. The van der Waals surface area contributed by atoms with Crippen molar-refractivity contribution in [3.63, 3.8) is 0 Å². The van der Waals surface area contributed by atoms with Crippen molar-refractivity contribution in [3.8, 4) is 0 Å². The zero-order valence-corrected chi connectivity index (χ0v) is 9.42. The van der Waals surface area contributed by atoms with Crippen LogP contribution in [0, 0.1) is 5.92 Å². The van der Waals surface area contributed by atoms with Gasteiger partial charge in [-0.2, -0.15) is 0 Å². The number of amides is 1. The highest BCUT2D eigenvalue weighted by Gasteiger charge is 2.27. The molecule has 1 aliphatic carbocycles. The molecule has 1 rings (SSSR count). The molecule has 0 unspecified atom stereocenters. The summed E-state index contributed by atoms with van der Waals surface area (Å²) in [6.07, 6.45) is 1.82. The number of carboxylic acids is 1. The maximum absolute atomic E-state index is 11.3. The minimum atomic E-state index is -3.41. The second kappa shape index (κ2) is 5.26. The summed E-state index contributed by atoms with van der Waals surface area (Å²) in [5.74, 6) is -1.57. The highest BCUT2D eigenvalue weighted by molar-refractivity contribution is 7.89. The number of carboxylic acid groups (broad SMARTS) is 1. The highest BCUT2D eigenvalue weighted by Crippen LogP contribution is 2.29. The lowest BCUT2D eigenvalue weighted by Crippen LogP contribution is -2.39. The largest absolute Gasteiger partial charge is 0.480 e. The quantitative estimate of drug-likeness (QED) is 0.510. The van der Waals surface area contributed by atoms with Gasteiger partial charge in [0.05, 0.1) is 12.3 Å². The monoisotopic (exact) mass is 250 g/mol. The van der Waals surface area contributed by atoms with Crippen molar-refractivity contribution in [3.05, 3.63) is 0 Å². The van der Waals surface area contributed by atoms with E-state index < -0.39 is 35.0 Å². The minimum absolute atomic E-state index is 0.0409. The molecule has 1 aliphatic rings. The summed E-state index contributed by atoms with van der Waals surface area (Å²) in [4.78, 5) is 21.1. The van der Waals surface area contributed by atoms with Crippen LogP contribution in [0.4, 0.5) is 0 Å². The fourth-order valence-corrected chi connectivity index (χ4v) is 2.49. The van der Waals surface area contributed by atoms with Crippen LogP contribution in [0.25, 0.3) is 0 Å². The molecule has 0 saturated heterocycles. The first-order chi connectivity index (χ1) is 7.39. The molecule has 0 heterocycles. The third-order valence-electron chi connectivity index (χ3n) is 2.04. The average Bonchev–Trinajstić information content (AvgIpc) is 2.94. The molecule has 7 nitrogen and oxygen atoms in total. The van der Waals surface area contributed by atoms with Crippen LogP contribution >= 0.6 is 0 Å². The third kappa shape index (κ3) is 5.66. The number of hydrogen-bond donors (Lipinski definition) is 3. The molecule has 8 heteroatoms. The molecular formula is C8H14N2O5S. The van der Waals surface area contributed by atoms with E-state index in [1.807, 2.05) is 0 Å². The Hall–Kier alpha value is -1.15. The van der Waals surface area contributed by atoms with Crippen molar-refractivity contribution in [2.45, 2.75) is 12.8 Å². The van der Waals surface area contributed by atoms with Gasteiger partial charge in [-0.15, -0.1) is 0 Å². The van der Waals surface area contributed by atoms with Crippen LogP contribution in [0.15, 0.2) is 0 Å². The molecule has 1 saturated carbocycles. The van der Waals surface area contributed by atoms with Gasteiger partial charge < -0.3 is 10.4 Å². The molecule has 16 heavy (non-hydrogen) atoms. The lowest BCUT2D eigenvalue weighted by molar-refractivity contribution is -0.137. The first-order valence-electron chi connectivity index (χ1n) is 4.85. The maximum Gasteiger partial charge on any atom is 0.322 e. The van der Waals surface area contributed by atoms with Gasteiger partial charge in [-0.1, -0.05) is 0 Å². The molecule has 0 aromatic rings. The summed E-state index contributed by atoms with van der Waals surface area (Å²) >= 11 is 0. The van der Waals surface area contributed by atoms with E-state index in [2.05, 4.69) is 10.0 Å². The molecule has 3 N–H and O–H groups in total. The first kappa shape index (κ1) is 12.9. The van der Waals surface area contributed by atoms with Crippen LogP contribution < -0.4 is 10.0 Å². The molecule has 0 aromatic carbocycles. The van der Waals surface area contributed by atoms with Gasteiger partial charge in [0.2, 0.25) is 15.9 Å². The van der Waals surface area contributed by atoms with Crippen LogP contribution in [0.1, 0.15) is 12.8 Å². The van der Waals surface area contributed by atoms with Crippen molar-refractivity contribution < 1.29 is 23.1 Å². The lowest BCUT2D eigenvalue weighted by Gasteiger charge is -2.05. The normalized spacial score (nSPS) is 15.8. The van der Waals surface area contributed by atoms with Gasteiger partial charge in [0, 0.05) is 0 Å². The Morgan fingerprint density at radius 3 is 2.38 bits per heavy atom. The van der Waals surface area contributed by atoms with Gasteiger partial charge >= 0.3 is 5.97 Å². The second-order valence-electron chi connectivity index (χ2n) is 3.72. The molecule has 0 radical (unpaired) electrons. The van der Waals surface area contributed by atoms with E-state index in [1.165, 1.54) is 0 Å². The Kier molecular flexibility index (Phi) is 4.25. The number of nitrogens with one attached hydrogen (secondary N) is 2. The van der Waals surface area contributed by atoms with E-state index >= 15 is 0 Å². The fraction of sp³-hybridized carbons (Fsp3) is 0.750. The Labute approximate surface area is 93.3 Å². The SMILES string of the molecule is O=C(O)CNC(=O)CNS(=O)(=O)CC1CC1. The summed E-state index contributed by atoms with van der Waals surface area (Å²) in [6, 6.07) is 0. The van der Waals surface area contributed by atoms with E-state index in [0.29, 0.717) is 0 Å². The summed E-state index contributed by atoms with van der Waals surface area (Å²) in [5, 5.41) is 10.3. The highest BCUT2D eigenvalue weighted by atomic mass is 32.2. The standard InChI is InChI=1S/C8H14N2O5S/c11-7(9-4-8(12)13)3-10-16(14,15)5-6-1-2-6/h6,10H,1-5H2,(H,9,11)(H,12,13). The van der Waals surface area contributed by atoms with Gasteiger partial charge in [0.25, 0.3) is 0 Å². The maximum atomic E-state index is 11.3. The topological polar surface area (TPSA) is 113 Å². The predicted molar refractivity (Wildman–Crippen MR) is 55.2 cm³/mol. The Balaban J connectivity index is 2.21. The first-order valence-corrected chi connectivity index (χ1v) is 6.50. The van der Waals surface area contributed by atoms with E-state index in [0.717, 1.165) is 12.8 Å². The number of carbonyl (C=O) groups excluding carboxylic acids is 1. The Morgan fingerprint density at radius 1 is 1.25 bits per heavy atom. The van der Waals surface area contributed by atoms with Gasteiger partial charge in [0.1, 0.15) is 6.54 Å². The molecule has 1 amide bonds. The lowest BCUT2D eigenvalue weighted by atomic mass is 10.5. The fourth-order valence-electron chi connectivity index (χ4n) is 1.07. The summed E-state index contributed by atoms with van der Waals surface area (Å²) in [6.45, 7) is -0.925. The van der Waals surface area contributed by atoms with Crippen LogP contribution in [0.2, 0.25) is 0 Å². The number of rotatable bonds is 7. The van der Waals surface area contributed by atoms with Crippen molar-refractivity contribution in [2.24, 2.45) is 5.92 Å². The number of sulfonamides is 1. The summed E-state index contributed by atoms with van der Waals surface area (Å²) in [5.41, 5.74) is 0. The number of carbonyl (C=O) groups is 2. The summed E-state index contributed by atoms with van der Waals surface area (Å²) in [7, 11) is -3.41. The second-order valence-corrected chi connectivity index (χ2v) is 5.57. The molecule has 92 valence electrons. The van der Waals surface area contributed by atoms with Crippen molar-refractivity contribution in [2.75, 3.05) is 18.8 Å². The third-order valence-corrected chi connectivity index (χ3v) is 3.54. The van der Waals surface area contributed by atoms with Gasteiger partial charge in [-0.3, -0.25) is 9.59 Å². The van der Waals surface area contributed by atoms with E-state index in [9.17, 15) is 18.0 Å². The average molecular weight is 250 g/mol. The Bertz CT molecular complexity index is 374. The van der Waals surface area contributed by atoms with E-state index in [1.54, 1.807) is 0 Å². The Morgan fingerprint density at radius 2 is 1.88 bits per heavy atom. The van der Waals surface area contributed by atoms with Crippen molar-refractivity contribution in [1.82, 2.24) is 10.0 Å². The molecule has 0 spiro atoms. The zero-order chi connectivity index (χ0) is 12.2. The van der Waals surface area contributed by atoms with Gasteiger partial charge in [0.15, 0.2) is 0 Å².